The second kappa shape index (κ2) is 6.09. The fourth-order valence-corrected chi connectivity index (χ4v) is 1.32. The van der Waals surface area contributed by atoms with E-state index in [1.165, 1.54) is 0 Å². The minimum absolute atomic E-state index is 0.377. The van der Waals surface area contributed by atoms with Crippen molar-refractivity contribution in [3.8, 4) is 5.75 Å². The fraction of sp³-hybridized carbons (Fsp3) is 0.364. The van der Waals surface area contributed by atoms with Crippen LogP contribution < -0.4 is 10.5 Å². The average Bonchev–Trinajstić information content (AvgIpc) is 2.27. The van der Waals surface area contributed by atoms with Gasteiger partial charge in [0.1, 0.15) is 5.75 Å². The van der Waals surface area contributed by atoms with Crippen LogP contribution >= 0.6 is 0 Å². The van der Waals surface area contributed by atoms with Crippen molar-refractivity contribution in [3.05, 3.63) is 29.8 Å². The summed E-state index contributed by atoms with van der Waals surface area (Å²) in [5.41, 5.74) is 5.77. The molecule has 88 valence electrons. The van der Waals surface area contributed by atoms with Crippen LogP contribution in [0, 0.1) is 0 Å². The lowest BCUT2D eigenvalue weighted by Gasteiger charge is -2.15. The standard InChI is InChI=1S/C11H15NO4/c1-14-10(15-2)7-8-5-3-4-6-9(8)16-11(12)13/h3-6,10H,7H2,1-2H3,(H2,12,13). The molecule has 0 radical (unpaired) electrons. The molecule has 0 bridgehead atoms. The first-order valence-corrected chi connectivity index (χ1v) is 4.78. The molecule has 0 unspecified atom stereocenters. The summed E-state index contributed by atoms with van der Waals surface area (Å²) in [6.07, 6.45) is -0.729. The molecule has 0 atom stereocenters. The molecule has 0 saturated carbocycles. The molecule has 1 rings (SSSR count). The Balaban J connectivity index is 2.81. The number of para-hydroxylation sites is 1. The number of rotatable bonds is 5. The molecule has 0 spiro atoms. The van der Waals surface area contributed by atoms with Crippen LogP contribution in [0.25, 0.3) is 0 Å². The molecular weight excluding hydrogens is 210 g/mol. The van der Waals surface area contributed by atoms with Crippen molar-refractivity contribution >= 4 is 6.09 Å². The van der Waals surface area contributed by atoms with E-state index in [-0.39, 0.29) is 6.29 Å². The van der Waals surface area contributed by atoms with Crippen LogP contribution in [-0.2, 0) is 15.9 Å². The van der Waals surface area contributed by atoms with E-state index < -0.39 is 6.09 Å². The van der Waals surface area contributed by atoms with Crippen molar-refractivity contribution in [2.75, 3.05) is 14.2 Å². The Bertz CT molecular complexity index is 350. The van der Waals surface area contributed by atoms with Gasteiger partial charge in [-0.2, -0.15) is 0 Å². The Morgan fingerprint density at radius 1 is 1.31 bits per heavy atom. The summed E-state index contributed by atoms with van der Waals surface area (Å²) in [7, 11) is 3.09. The third-order valence-electron chi connectivity index (χ3n) is 2.10. The third-order valence-corrected chi connectivity index (χ3v) is 2.10. The van der Waals surface area contributed by atoms with Gasteiger partial charge in [-0.25, -0.2) is 4.79 Å². The van der Waals surface area contributed by atoms with Crippen molar-refractivity contribution in [3.63, 3.8) is 0 Å². The van der Waals surface area contributed by atoms with Gasteiger partial charge in [0.05, 0.1) is 0 Å². The van der Waals surface area contributed by atoms with E-state index in [0.717, 1.165) is 5.56 Å². The van der Waals surface area contributed by atoms with Gasteiger partial charge in [-0.15, -0.1) is 0 Å². The molecule has 0 heterocycles. The Kier molecular flexibility index (Phi) is 4.75. The molecule has 16 heavy (non-hydrogen) atoms. The van der Waals surface area contributed by atoms with Gasteiger partial charge in [0.2, 0.25) is 0 Å². The molecule has 0 aromatic heterocycles. The van der Waals surface area contributed by atoms with Crippen LogP contribution in [0.1, 0.15) is 5.56 Å². The number of benzene rings is 1. The molecule has 1 aromatic carbocycles. The molecule has 1 aromatic rings. The van der Waals surface area contributed by atoms with Crippen molar-refractivity contribution in [1.82, 2.24) is 0 Å². The fourth-order valence-electron chi connectivity index (χ4n) is 1.32. The number of amides is 1. The molecule has 1 amide bonds. The number of nitrogens with two attached hydrogens (primary N) is 1. The summed E-state index contributed by atoms with van der Waals surface area (Å²) in [4.78, 5) is 10.7. The van der Waals surface area contributed by atoms with Gasteiger partial charge in [-0.1, -0.05) is 18.2 Å². The summed E-state index contributed by atoms with van der Waals surface area (Å²) in [6, 6.07) is 7.09. The van der Waals surface area contributed by atoms with E-state index in [1.54, 1.807) is 26.4 Å². The van der Waals surface area contributed by atoms with Crippen LogP contribution in [0.4, 0.5) is 4.79 Å². The van der Waals surface area contributed by atoms with E-state index in [1.807, 2.05) is 12.1 Å². The van der Waals surface area contributed by atoms with Crippen LogP contribution in [0.3, 0.4) is 0 Å². The van der Waals surface area contributed by atoms with E-state index in [2.05, 4.69) is 0 Å². The van der Waals surface area contributed by atoms with Crippen molar-refractivity contribution in [1.29, 1.82) is 0 Å². The lowest BCUT2D eigenvalue weighted by Crippen LogP contribution is -2.20. The highest BCUT2D eigenvalue weighted by Gasteiger charge is 2.12. The molecule has 0 aliphatic carbocycles. The largest absolute Gasteiger partial charge is 0.410 e. The maximum atomic E-state index is 10.7. The van der Waals surface area contributed by atoms with E-state index >= 15 is 0 Å². The van der Waals surface area contributed by atoms with Crippen molar-refractivity contribution < 1.29 is 19.0 Å². The summed E-state index contributed by atoms with van der Waals surface area (Å²) < 4.78 is 15.0. The number of carbonyl (C=O) groups excluding carboxylic acids is 1. The highest BCUT2D eigenvalue weighted by Crippen LogP contribution is 2.20. The second-order valence-electron chi connectivity index (χ2n) is 3.13. The molecule has 2 N–H and O–H groups in total. The first kappa shape index (κ1) is 12.5. The van der Waals surface area contributed by atoms with Gasteiger partial charge in [-0.05, 0) is 6.07 Å². The SMILES string of the molecule is COC(Cc1ccccc1OC(N)=O)OC. The highest BCUT2D eigenvalue weighted by molar-refractivity contribution is 5.68. The van der Waals surface area contributed by atoms with Crippen LogP contribution in [0.15, 0.2) is 24.3 Å². The maximum Gasteiger partial charge on any atom is 0.409 e. The number of hydrogen-bond donors (Lipinski definition) is 1. The molecule has 0 aliphatic heterocycles. The van der Waals surface area contributed by atoms with Crippen LogP contribution in [0.5, 0.6) is 5.75 Å². The first-order chi connectivity index (χ1) is 7.67. The lowest BCUT2D eigenvalue weighted by molar-refractivity contribution is -0.100. The molecular formula is C11H15NO4. The zero-order valence-electron chi connectivity index (χ0n) is 9.30. The minimum atomic E-state index is -0.834. The smallest absolute Gasteiger partial charge is 0.409 e. The quantitative estimate of drug-likeness (QED) is 0.767. The predicted octanol–water partition coefficient (Wildman–Crippen LogP) is 1.31. The minimum Gasteiger partial charge on any atom is -0.410 e. The molecule has 5 nitrogen and oxygen atoms in total. The Morgan fingerprint density at radius 2 is 1.94 bits per heavy atom. The summed E-state index contributed by atoms with van der Waals surface area (Å²) in [5.74, 6) is 0.425. The summed E-state index contributed by atoms with van der Waals surface area (Å²) >= 11 is 0. The van der Waals surface area contributed by atoms with E-state index in [9.17, 15) is 4.79 Å². The first-order valence-electron chi connectivity index (χ1n) is 4.78. The van der Waals surface area contributed by atoms with Crippen molar-refractivity contribution in [2.24, 2.45) is 5.73 Å². The molecule has 0 aliphatic rings. The van der Waals surface area contributed by atoms with Gasteiger partial charge < -0.3 is 19.9 Å². The number of ether oxygens (including phenoxy) is 3. The normalized spacial score (nSPS) is 10.4. The summed E-state index contributed by atoms with van der Waals surface area (Å²) in [5, 5.41) is 0. The highest BCUT2D eigenvalue weighted by atomic mass is 16.7. The number of hydrogen-bond acceptors (Lipinski definition) is 4. The predicted molar refractivity (Wildman–Crippen MR) is 58.2 cm³/mol. The Labute approximate surface area is 94.1 Å². The van der Waals surface area contributed by atoms with E-state index in [4.69, 9.17) is 19.9 Å². The molecule has 5 heteroatoms. The van der Waals surface area contributed by atoms with E-state index in [0.29, 0.717) is 12.2 Å². The van der Waals surface area contributed by atoms with Gasteiger partial charge in [0, 0.05) is 26.2 Å². The maximum absolute atomic E-state index is 10.7. The van der Waals surface area contributed by atoms with Gasteiger partial charge in [0.25, 0.3) is 0 Å². The lowest BCUT2D eigenvalue weighted by atomic mass is 10.1. The third kappa shape index (κ3) is 3.52. The van der Waals surface area contributed by atoms with Gasteiger partial charge in [-0.3, -0.25) is 0 Å². The molecule has 0 fully saturated rings. The van der Waals surface area contributed by atoms with Crippen LogP contribution in [-0.4, -0.2) is 26.6 Å². The number of methoxy groups -OCH3 is 2. The molecule has 0 saturated heterocycles. The van der Waals surface area contributed by atoms with Gasteiger partial charge >= 0.3 is 6.09 Å². The zero-order valence-corrected chi connectivity index (χ0v) is 9.30. The Hall–Kier alpha value is -1.59. The second-order valence-corrected chi connectivity index (χ2v) is 3.13. The monoisotopic (exact) mass is 225 g/mol. The zero-order chi connectivity index (χ0) is 12.0. The average molecular weight is 225 g/mol. The van der Waals surface area contributed by atoms with Gasteiger partial charge in [0.15, 0.2) is 6.29 Å². The number of primary amides is 1. The van der Waals surface area contributed by atoms with Crippen molar-refractivity contribution in [2.45, 2.75) is 12.7 Å². The topological polar surface area (TPSA) is 70.8 Å². The van der Waals surface area contributed by atoms with Crippen LogP contribution in [0.2, 0.25) is 0 Å². The Morgan fingerprint density at radius 3 is 2.50 bits per heavy atom. The summed E-state index contributed by atoms with van der Waals surface area (Å²) in [6.45, 7) is 0. The number of carbonyl (C=O) groups is 1.